The van der Waals surface area contributed by atoms with Gasteiger partial charge >= 0.3 is 0 Å². The molecule has 4 N–H and O–H groups in total. The Kier molecular flexibility index (Phi) is 8.46. The van der Waals surface area contributed by atoms with E-state index in [9.17, 15) is 9.59 Å². The highest BCUT2D eigenvalue weighted by Gasteiger charge is 2.25. The van der Waals surface area contributed by atoms with Crippen molar-refractivity contribution in [2.75, 3.05) is 37.7 Å². The fourth-order valence-electron chi connectivity index (χ4n) is 5.46. The summed E-state index contributed by atoms with van der Waals surface area (Å²) in [5.41, 5.74) is 8.23. The maximum Gasteiger partial charge on any atom is 0.264 e. The number of carbonyl (C=O) groups is 1. The van der Waals surface area contributed by atoms with E-state index in [4.69, 9.17) is 5.73 Å². The van der Waals surface area contributed by atoms with Gasteiger partial charge in [-0.3, -0.25) is 18.8 Å². The molecule has 0 spiro atoms. The molecule has 0 saturated carbocycles. The van der Waals surface area contributed by atoms with Crippen LogP contribution in [0.1, 0.15) is 47.4 Å². The van der Waals surface area contributed by atoms with E-state index in [2.05, 4.69) is 46.1 Å². The summed E-state index contributed by atoms with van der Waals surface area (Å²) < 4.78 is 3.19. The Labute approximate surface area is 246 Å². The van der Waals surface area contributed by atoms with Crippen LogP contribution in [0.15, 0.2) is 72.0 Å². The van der Waals surface area contributed by atoms with Crippen LogP contribution in [0, 0.1) is 17.8 Å². The minimum Gasteiger partial charge on any atom is -0.381 e. The highest BCUT2D eigenvalue weighted by molar-refractivity contribution is 6.03. The number of likely N-dealkylation sites (tertiary alicyclic amines) is 1. The number of nitrogens with two attached hydrogens (primary N) is 1. The number of hydrogen-bond donors (Lipinski definition) is 3. The van der Waals surface area contributed by atoms with E-state index in [1.807, 2.05) is 61.5 Å². The molecular formula is C33H37N7O2. The number of amides is 1. The lowest BCUT2D eigenvalue weighted by molar-refractivity contribution is 0.0940. The van der Waals surface area contributed by atoms with Crippen molar-refractivity contribution in [3.8, 4) is 17.5 Å². The monoisotopic (exact) mass is 563 g/mol. The molecule has 0 radical (unpaired) electrons. The van der Waals surface area contributed by atoms with E-state index in [-0.39, 0.29) is 16.9 Å². The maximum absolute atomic E-state index is 14.3. The first-order valence-electron chi connectivity index (χ1n) is 14.2. The fourth-order valence-corrected chi connectivity index (χ4v) is 5.46. The number of para-hydroxylation sites is 1. The topological polar surface area (TPSA) is 110 Å². The summed E-state index contributed by atoms with van der Waals surface area (Å²) in [6.45, 7) is 8.07. The molecule has 5 rings (SSSR count). The second kappa shape index (κ2) is 12.4. The van der Waals surface area contributed by atoms with Crippen molar-refractivity contribution >= 4 is 28.3 Å². The number of nitrogens with one attached hydrogen (secondary N) is 2. The van der Waals surface area contributed by atoms with Gasteiger partial charge in [0.2, 0.25) is 0 Å². The number of carbonyl (C=O) groups excluding carboxylic acids is 1. The van der Waals surface area contributed by atoms with Crippen molar-refractivity contribution in [2.24, 2.45) is 13.0 Å². The van der Waals surface area contributed by atoms with Crippen LogP contribution in [0.3, 0.4) is 0 Å². The summed E-state index contributed by atoms with van der Waals surface area (Å²) in [4.78, 5) is 30.1. The van der Waals surface area contributed by atoms with Gasteiger partial charge in [0, 0.05) is 36.5 Å². The Balaban J connectivity index is 1.57. The van der Waals surface area contributed by atoms with Gasteiger partial charge in [0.05, 0.1) is 11.4 Å². The van der Waals surface area contributed by atoms with Crippen LogP contribution in [-0.4, -0.2) is 51.8 Å². The molecule has 2 aromatic heterocycles. The predicted molar refractivity (Wildman–Crippen MR) is 169 cm³/mol. The zero-order chi connectivity index (χ0) is 29.8. The van der Waals surface area contributed by atoms with Crippen molar-refractivity contribution in [2.45, 2.75) is 25.8 Å². The molecule has 1 aliphatic heterocycles. The SMILES string of the molecule is C=CCNc1c(C(=O)NC(C)c2cc3cccc(C#CC4CCN(C)CC4)c3c(=O)n2-c2ccccc2)c(N)nn1C. The maximum atomic E-state index is 14.3. The molecule has 42 heavy (non-hydrogen) atoms. The van der Waals surface area contributed by atoms with E-state index in [1.165, 1.54) is 4.68 Å². The molecule has 1 aliphatic rings. The normalized spacial score (nSPS) is 14.6. The first-order chi connectivity index (χ1) is 20.3. The summed E-state index contributed by atoms with van der Waals surface area (Å²) in [7, 11) is 3.84. The van der Waals surface area contributed by atoms with Gasteiger partial charge in [0.15, 0.2) is 5.82 Å². The van der Waals surface area contributed by atoms with Gasteiger partial charge < -0.3 is 21.3 Å². The molecule has 4 aromatic rings. The van der Waals surface area contributed by atoms with Crippen LogP contribution in [0.25, 0.3) is 16.5 Å². The average molecular weight is 564 g/mol. The Morgan fingerprint density at radius 3 is 2.62 bits per heavy atom. The van der Waals surface area contributed by atoms with E-state index in [1.54, 1.807) is 17.7 Å². The van der Waals surface area contributed by atoms with Gasteiger partial charge in [0.1, 0.15) is 11.4 Å². The number of piperidine rings is 1. The Morgan fingerprint density at radius 1 is 1.17 bits per heavy atom. The summed E-state index contributed by atoms with van der Waals surface area (Å²) in [5, 5.41) is 11.7. The van der Waals surface area contributed by atoms with Crippen LogP contribution in [0.5, 0.6) is 0 Å². The van der Waals surface area contributed by atoms with Gasteiger partial charge in [-0.25, -0.2) is 0 Å². The Bertz CT molecular complexity index is 1740. The largest absolute Gasteiger partial charge is 0.381 e. The Hall–Kier alpha value is -4.81. The molecule has 2 aromatic carbocycles. The molecule has 1 saturated heterocycles. The molecule has 1 unspecified atom stereocenters. The lowest BCUT2D eigenvalue weighted by atomic mass is 9.96. The smallest absolute Gasteiger partial charge is 0.264 e. The number of nitrogens with zero attached hydrogens (tertiary/aromatic N) is 4. The molecule has 3 heterocycles. The first-order valence-corrected chi connectivity index (χ1v) is 14.2. The average Bonchev–Trinajstić information content (AvgIpc) is 3.28. The number of fused-ring (bicyclic) bond motifs is 1. The van der Waals surface area contributed by atoms with Crippen LogP contribution < -0.4 is 21.9 Å². The van der Waals surface area contributed by atoms with Gasteiger partial charge in [0.25, 0.3) is 11.5 Å². The standard InChI is InChI=1S/C33H37N7O2/c1-5-18-35-31-29(30(34)37-39(31)4)32(41)36-22(2)27-21-25-11-9-10-24(15-14-23-16-19-38(3)20-17-23)28(25)33(42)40(27)26-12-7-6-8-13-26/h5-13,21-23,35H,1,16-20H2,2-4H3,(H2,34,37)(H,36,41). The van der Waals surface area contributed by atoms with Crippen LogP contribution in [-0.2, 0) is 7.05 Å². The highest BCUT2D eigenvalue weighted by atomic mass is 16.2. The van der Waals surface area contributed by atoms with Crippen LogP contribution >= 0.6 is 0 Å². The number of benzene rings is 2. The van der Waals surface area contributed by atoms with Gasteiger partial charge in [-0.2, -0.15) is 5.10 Å². The minimum absolute atomic E-state index is 0.112. The summed E-state index contributed by atoms with van der Waals surface area (Å²) in [5.74, 6) is 7.28. The molecule has 9 heteroatoms. The first kappa shape index (κ1) is 28.7. The molecule has 1 amide bonds. The van der Waals surface area contributed by atoms with Crippen LogP contribution in [0.4, 0.5) is 11.6 Å². The summed E-state index contributed by atoms with van der Waals surface area (Å²) in [6, 6.07) is 16.6. The lowest BCUT2D eigenvalue weighted by Crippen LogP contribution is -2.32. The lowest BCUT2D eigenvalue weighted by Gasteiger charge is -2.25. The second-order valence-electron chi connectivity index (χ2n) is 10.8. The number of rotatable bonds is 7. The second-order valence-corrected chi connectivity index (χ2v) is 10.8. The number of anilines is 2. The third-order valence-corrected chi connectivity index (χ3v) is 7.73. The quantitative estimate of drug-likeness (QED) is 0.231. The number of aryl methyl sites for hydroxylation is 1. The Morgan fingerprint density at radius 2 is 1.90 bits per heavy atom. The highest BCUT2D eigenvalue weighted by Crippen LogP contribution is 2.26. The molecule has 216 valence electrons. The molecule has 9 nitrogen and oxygen atoms in total. The van der Waals surface area contributed by atoms with Gasteiger partial charge in [-0.1, -0.05) is 48.2 Å². The zero-order valence-corrected chi connectivity index (χ0v) is 24.4. The number of hydrogen-bond acceptors (Lipinski definition) is 6. The zero-order valence-electron chi connectivity index (χ0n) is 24.4. The predicted octanol–water partition coefficient (Wildman–Crippen LogP) is 4.09. The van der Waals surface area contributed by atoms with E-state index in [0.717, 1.165) is 31.3 Å². The summed E-state index contributed by atoms with van der Waals surface area (Å²) >= 11 is 0. The fraction of sp³-hybridized carbons (Fsp3) is 0.303. The third kappa shape index (κ3) is 5.80. The molecule has 0 bridgehead atoms. The van der Waals surface area contributed by atoms with E-state index < -0.39 is 11.9 Å². The number of aromatic nitrogens is 3. The molecular weight excluding hydrogens is 526 g/mol. The number of nitrogen functional groups attached to an aromatic ring is 1. The van der Waals surface area contributed by atoms with Crippen molar-refractivity contribution in [1.82, 2.24) is 24.6 Å². The van der Waals surface area contributed by atoms with Gasteiger partial charge in [-0.05, 0) is 69.6 Å². The van der Waals surface area contributed by atoms with Crippen LogP contribution in [0.2, 0.25) is 0 Å². The molecule has 0 aliphatic carbocycles. The molecule has 1 fully saturated rings. The van der Waals surface area contributed by atoms with Crippen molar-refractivity contribution in [3.05, 3.63) is 94.4 Å². The van der Waals surface area contributed by atoms with Gasteiger partial charge in [-0.15, -0.1) is 6.58 Å². The number of pyridine rings is 1. The molecule has 1 atom stereocenters. The van der Waals surface area contributed by atoms with E-state index in [0.29, 0.717) is 40.6 Å². The third-order valence-electron chi connectivity index (χ3n) is 7.73. The summed E-state index contributed by atoms with van der Waals surface area (Å²) in [6.07, 6.45) is 3.74. The van der Waals surface area contributed by atoms with Crippen molar-refractivity contribution in [1.29, 1.82) is 0 Å². The van der Waals surface area contributed by atoms with Crippen molar-refractivity contribution < 1.29 is 4.79 Å². The minimum atomic E-state index is -0.546. The van der Waals surface area contributed by atoms with E-state index >= 15 is 0 Å². The van der Waals surface area contributed by atoms with Crippen molar-refractivity contribution in [3.63, 3.8) is 0 Å².